The molecule has 0 aliphatic carbocycles. The van der Waals surface area contributed by atoms with E-state index in [2.05, 4.69) is 19.8 Å². The van der Waals surface area contributed by atoms with Gasteiger partial charge in [-0.2, -0.15) is 13.2 Å². The molecule has 0 atom stereocenters. The number of hydrogen-bond donors (Lipinski definition) is 0. The second-order valence-corrected chi connectivity index (χ2v) is 9.40. The number of rotatable bonds is 5. The average molecular weight is 471 g/mol. The van der Waals surface area contributed by atoms with Crippen LogP contribution < -0.4 is 4.90 Å². The summed E-state index contributed by atoms with van der Waals surface area (Å²) in [5.74, 6) is 0.702. The van der Waals surface area contributed by atoms with E-state index in [1.165, 1.54) is 24.5 Å². The van der Waals surface area contributed by atoms with Gasteiger partial charge in [-0.3, -0.25) is 15.0 Å². The lowest BCUT2D eigenvalue weighted by atomic mass is 9.72. The molecule has 0 bridgehead atoms. The van der Waals surface area contributed by atoms with Crippen LogP contribution in [0.1, 0.15) is 24.0 Å². The third-order valence-electron chi connectivity index (χ3n) is 6.91. The minimum absolute atomic E-state index is 0.0960. The Bertz CT molecular complexity index is 1200. The van der Waals surface area contributed by atoms with Crippen LogP contribution in [-0.4, -0.2) is 52.1 Å². The van der Waals surface area contributed by atoms with Gasteiger partial charge in [0.25, 0.3) is 5.69 Å². The van der Waals surface area contributed by atoms with Crippen molar-refractivity contribution in [2.24, 2.45) is 5.41 Å². The van der Waals surface area contributed by atoms with Crippen molar-refractivity contribution in [2.45, 2.75) is 32.0 Å². The maximum absolute atomic E-state index is 12.9. The molecule has 10 heteroatoms. The van der Waals surface area contributed by atoms with Crippen LogP contribution in [0, 0.1) is 15.5 Å². The molecule has 0 radical (unpaired) electrons. The molecule has 2 aliphatic rings. The second kappa shape index (κ2) is 8.50. The third-order valence-corrected chi connectivity index (χ3v) is 6.91. The number of likely N-dealkylation sites (tertiary alicyclic amines) is 1. The fourth-order valence-electron chi connectivity index (χ4n) is 5.08. The predicted octanol–water partition coefficient (Wildman–Crippen LogP) is 4.75. The van der Waals surface area contributed by atoms with Crippen LogP contribution in [0.4, 0.5) is 24.7 Å². The van der Waals surface area contributed by atoms with E-state index in [-0.39, 0.29) is 16.7 Å². The molecule has 2 fully saturated rings. The largest absolute Gasteiger partial charge is 0.393 e. The molecule has 5 rings (SSSR count). The van der Waals surface area contributed by atoms with E-state index in [0.717, 1.165) is 51.1 Å². The zero-order chi connectivity index (χ0) is 23.9. The van der Waals surface area contributed by atoms with Gasteiger partial charge in [0.15, 0.2) is 0 Å². The summed E-state index contributed by atoms with van der Waals surface area (Å²) in [6, 6.07) is 11.4. The van der Waals surface area contributed by atoms with Crippen molar-refractivity contribution in [1.29, 1.82) is 0 Å². The Morgan fingerprint density at radius 3 is 2.32 bits per heavy atom. The maximum Gasteiger partial charge on any atom is 0.393 e. The topological polar surface area (TPSA) is 75.4 Å². The van der Waals surface area contributed by atoms with Crippen LogP contribution >= 0.6 is 0 Å². The van der Waals surface area contributed by atoms with Crippen molar-refractivity contribution in [3.05, 3.63) is 70.0 Å². The monoisotopic (exact) mass is 471 g/mol. The van der Waals surface area contributed by atoms with Gasteiger partial charge in [-0.1, -0.05) is 18.2 Å². The van der Waals surface area contributed by atoms with Crippen molar-refractivity contribution >= 4 is 22.4 Å². The number of piperidine rings is 1. The van der Waals surface area contributed by atoms with E-state index in [0.29, 0.717) is 16.7 Å². The van der Waals surface area contributed by atoms with Crippen molar-refractivity contribution in [1.82, 2.24) is 14.9 Å². The molecule has 2 aromatic carbocycles. The number of hydrogen-bond acceptors (Lipinski definition) is 6. The van der Waals surface area contributed by atoms with Crippen molar-refractivity contribution < 1.29 is 18.1 Å². The van der Waals surface area contributed by atoms with Crippen LogP contribution in [0.5, 0.6) is 0 Å². The summed E-state index contributed by atoms with van der Waals surface area (Å²) in [5.41, 5.74) is 2.20. The van der Waals surface area contributed by atoms with Crippen LogP contribution in [0.2, 0.25) is 0 Å². The van der Waals surface area contributed by atoms with E-state index in [1.54, 1.807) is 24.3 Å². The molecular formula is C24H24F3N5O2. The first-order chi connectivity index (χ1) is 16.2. The number of fused-ring (bicyclic) bond motifs is 1. The molecule has 2 saturated heterocycles. The number of nitrogens with zero attached hydrogens (tertiary/aromatic N) is 5. The van der Waals surface area contributed by atoms with Crippen molar-refractivity contribution in [3.63, 3.8) is 0 Å². The van der Waals surface area contributed by atoms with Crippen molar-refractivity contribution in [2.75, 3.05) is 31.1 Å². The maximum atomic E-state index is 12.9. The van der Waals surface area contributed by atoms with Gasteiger partial charge in [-0.25, -0.2) is 9.97 Å². The van der Waals surface area contributed by atoms with Gasteiger partial charge in [0.1, 0.15) is 12.1 Å². The summed E-state index contributed by atoms with van der Waals surface area (Å²) in [5, 5.41) is 11.5. The van der Waals surface area contributed by atoms with Gasteiger partial charge in [0.2, 0.25) is 0 Å². The van der Waals surface area contributed by atoms with Gasteiger partial charge in [0.05, 0.1) is 16.9 Å². The molecule has 1 aromatic heterocycles. The zero-order valence-corrected chi connectivity index (χ0v) is 18.5. The molecule has 3 heterocycles. The van der Waals surface area contributed by atoms with E-state index >= 15 is 0 Å². The minimum atomic E-state index is -4.26. The minimum Gasteiger partial charge on any atom is -0.355 e. The van der Waals surface area contributed by atoms with E-state index in [9.17, 15) is 23.3 Å². The molecule has 0 N–H and O–H groups in total. The highest BCUT2D eigenvalue weighted by Gasteiger charge is 2.45. The van der Waals surface area contributed by atoms with Gasteiger partial charge in [-0.15, -0.1) is 0 Å². The third kappa shape index (κ3) is 4.68. The van der Waals surface area contributed by atoms with Gasteiger partial charge < -0.3 is 4.90 Å². The summed E-state index contributed by atoms with van der Waals surface area (Å²) in [4.78, 5) is 23.6. The fourth-order valence-corrected chi connectivity index (χ4v) is 5.08. The average Bonchev–Trinajstić information content (AvgIpc) is 2.77. The van der Waals surface area contributed by atoms with E-state index in [4.69, 9.17) is 0 Å². The smallest absolute Gasteiger partial charge is 0.355 e. The van der Waals surface area contributed by atoms with Crippen LogP contribution in [0.25, 0.3) is 10.9 Å². The highest BCUT2D eigenvalue weighted by atomic mass is 19.4. The molecule has 1 spiro atoms. The Kier molecular flexibility index (Phi) is 5.63. The lowest BCUT2D eigenvalue weighted by Gasteiger charge is -2.54. The molecule has 3 aromatic rings. The van der Waals surface area contributed by atoms with Crippen LogP contribution in [0.3, 0.4) is 0 Å². The molecular weight excluding hydrogens is 447 g/mol. The highest BCUT2D eigenvalue weighted by molar-refractivity contribution is 5.90. The summed E-state index contributed by atoms with van der Waals surface area (Å²) in [6.45, 7) is 4.29. The quantitative estimate of drug-likeness (QED) is 0.395. The normalized spacial score (nSPS) is 18.3. The number of halogens is 3. The van der Waals surface area contributed by atoms with Gasteiger partial charge >= 0.3 is 6.18 Å². The summed E-state index contributed by atoms with van der Waals surface area (Å²) < 4.78 is 38.6. The SMILES string of the molecule is O=[N+]([O-])c1ccc(CN2CCC3(CC2)CN(c2ncnc4ccc(CC(F)(F)F)cc24)C3)cc1. The number of nitro groups is 1. The van der Waals surface area contributed by atoms with Gasteiger partial charge in [-0.05, 0) is 49.2 Å². The number of alkyl halides is 3. The number of benzene rings is 2. The molecule has 0 saturated carbocycles. The van der Waals surface area contributed by atoms with Gasteiger partial charge in [0, 0.05) is 42.6 Å². The van der Waals surface area contributed by atoms with Crippen LogP contribution in [0.15, 0.2) is 48.8 Å². The summed E-state index contributed by atoms with van der Waals surface area (Å²) in [6.07, 6.45) is -1.70. The Morgan fingerprint density at radius 2 is 1.68 bits per heavy atom. The summed E-state index contributed by atoms with van der Waals surface area (Å²) in [7, 11) is 0. The highest BCUT2D eigenvalue weighted by Crippen LogP contribution is 2.43. The molecule has 0 unspecified atom stereocenters. The zero-order valence-electron chi connectivity index (χ0n) is 18.5. The predicted molar refractivity (Wildman–Crippen MR) is 122 cm³/mol. The first kappa shape index (κ1) is 22.5. The Hall–Kier alpha value is -3.27. The molecule has 34 heavy (non-hydrogen) atoms. The molecule has 2 aliphatic heterocycles. The Morgan fingerprint density at radius 1 is 1.00 bits per heavy atom. The summed E-state index contributed by atoms with van der Waals surface area (Å²) >= 11 is 0. The molecule has 0 amide bonds. The first-order valence-corrected chi connectivity index (χ1v) is 11.2. The molecule has 178 valence electrons. The van der Waals surface area contributed by atoms with E-state index < -0.39 is 17.5 Å². The fraction of sp³-hybridized carbons (Fsp3) is 0.417. The van der Waals surface area contributed by atoms with Crippen LogP contribution in [-0.2, 0) is 13.0 Å². The molecule has 7 nitrogen and oxygen atoms in total. The van der Waals surface area contributed by atoms with Crippen molar-refractivity contribution in [3.8, 4) is 0 Å². The Labute approximate surface area is 194 Å². The standard InChI is InChI=1S/C24H24F3N5O2/c25-24(26,27)12-18-3-6-21-20(11-18)22(29-16-28-21)31-14-23(15-31)7-9-30(10-8-23)13-17-1-4-19(5-2-17)32(33)34/h1-6,11,16H,7-10,12-15H2. The number of aromatic nitrogens is 2. The number of non-ortho nitro benzene ring substituents is 1. The lowest BCUT2D eigenvalue weighted by molar-refractivity contribution is -0.384. The Balaban J connectivity index is 1.22. The number of nitro benzene ring substituents is 1. The number of anilines is 1. The first-order valence-electron chi connectivity index (χ1n) is 11.2. The lowest BCUT2D eigenvalue weighted by Crippen LogP contribution is -2.60. The second-order valence-electron chi connectivity index (χ2n) is 9.40. The van der Waals surface area contributed by atoms with E-state index in [1.807, 2.05) is 0 Å².